The van der Waals surface area contributed by atoms with Crippen LogP contribution in [0.15, 0.2) is 30.3 Å². The van der Waals surface area contributed by atoms with Crippen molar-refractivity contribution < 1.29 is 4.79 Å². The van der Waals surface area contributed by atoms with Crippen molar-refractivity contribution in [3.63, 3.8) is 0 Å². The lowest BCUT2D eigenvalue weighted by Gasteiger charge is -2.19. The van der Waals surface area contributed by atoms with Crippen molar-refractivity contribution in [3.8, 4) is 17.3 Å². The smallest absolute Gasteiger partial charge is 0.237 e. The third-order valence-corrected chi connectivity index (χ3v) is 5.35. The van der Waals surface area contributed by atoms with E-state index in [0.29, 0.717) is 19.6 Å². The highest BCUT2D eigenvalue weighted by molar-refractivity contribution is 7.16. The molecule has 0 saturated carbocycles. The molecule has 136 valence electrons. The first kappa shape index (κ1) is 18.4. The lowest BCUT2D eigenvalue weighted by molar-refractivity contribution is -0.130. The van der Waals surface area contributed by atoms with Crippen LogP contribution in [0.2, 0.25) is 0 Å². The number of rotatable bonds is 7. The van der Waals surface area contributed by atoms with Crippen LogP contribution in [0.5, 0.6) is 0 Å². The van der Waals surface area contributed by atoms with Crippen LogP contribution in [0.1, 0.15) is 17.7 Å². The Labute approximate surface area is 157 Å². The Bertz CT molecular complexity index is 783. The molecule has 3 rings (SSSR count). The Morgan fingerprint density at radius 3 is 2.96 bits per heavy atom. The molecule has 7 heteroatoms. The molecule has 0 bridgehead atoms. The lowest BCUT2D eigenvalue weighted by Crippen LogP contribution is -2.41. The van der Waals surface area contributed by atoms with Crippen LogP contribution in [0, 0.1) is 18.3 Å². The van der Waals surface area contributed by atoms with Gasteiger partial charge in [-0.15, -0.1) is 11.3 Å². The molecule has 1 atom stereocenters. The number of aromatic nitrogens is 1. The minimum Gasteiger partial charge on any atom is -0.360 e. The van der Waals surface area contributed by atoms with Gasteiger partial charge >= 0.3 is 0 Å². The summed E-state index contributed by atoms with van der Waals surface area (Å²) < 4.78 is 0. The molecule has 1 aliphatic rings. The molecule has 26 heavy (non-hydrogen) atoms. The molecule has 0 aliphatic carbocycles. The molecule has 0 unspecified atom stereocenters. The fourth-order valence-corrected chi connectivity index (χ4v) is 3.95. The van der Waals surface area contributed by atoms with E-state index in [9.17, 15) is 4.79 Å². The Morgan fingerprint density at radius 1 is 1.38 bits per heavy atom. The van der Waals surface area contributed by atoms with Crippen LogP contribution in [0.4, 0.5) is 5.13 Å². The van der Waals surface area contributed by atoms with Crippen LogP contribution in [0.25, 0.3) is 11.3 Å². The number of nitriles is 1. The number of benzene rings is 1. The summed E-state index contributed by atoms with van der Waals surface area (Å²) in [5, 5.41) is 16.4. The number of carbonyl (C=O) groups is 1. The molecule has 6 nitrogen and oxygen atoms in total. The molecule has 1 aliphatic heterocycles. The van der Waals surface area contributed by atoms with Crippen LogP contribution in [0.3, 0.4) is 0 Å². The number of nitrogens with zero attached hydrogens (tertiary/aromatic N) is 3. The number of hydrogen-bond donors (Lipinski definition) is 2. The molecule has 1 amide bonds. The van der Waals surface area contributed by atoms with E-state index in [1.54, 1.807) is 16.2 Å². The maximum Gasteiger partial charge on any atom is 0.237 e. The summed E-state index contributed by atoms with van der Waals surface area (Å²) in [4.78, 5) is 19.7. The highest BCUT2D eigenvalue weighted by Crippen LogP contribution is 2.29. The minimum absolute atomic E-state index is 0.00510. The van der Waals surface area contributed by atoms with E-state index in [1.165, 1.54) is 4.88 Å². The first-order valence-electron chi connectivity index (χ1n) is 8.85. The Morgan fingerprint density at radius 2 is 2.19 bits per heavy atom. The predicted molar refractivity (Wildman–Crippen MR) is 104 cm³/mol. The fourth-order valence-electron chi connectivity index (χ4n) is 3.09. The second kappa shape index (κ2) is 8.79. The molecule has 0 radical (unpaired) electrons. The van der Waals surface area contributed by atoms with Gasteiger partial charge in [-0.1, -0.05) is 30.3 Å². The average Bonchev–Trinajstić information content (AvgIpc) is 3.28. The molecule has 1 fully saturated rings. The molecule has 2 N–H and O–H groups in total. The molecule has 0 spiro atoms. The summed E-state index contributed by atoms with van der Waals surface area (Å²) in [6, 6.07) is 12.1. The summed E-state index contributed by atoms with van der Waals surface area (Å²) >= 11 is 1.64. The maximum atomic E-state index is 12.1. The van der Waals surface area contributed by atoms with Gasteiger partial charge in [-0.05, 0) is 19.8 Å². The molecule has 1 saturated heterocycles. The Hall–Kier alpha value is -2.43. The lowest BCUT2D eigenvalue weighted by atomic mass is 10.1. The largest absolute Gasteiger partial charge is 0.360 e. The van der Waals surface area contributed by atoms with Gasteiger partial charge in [0.05, 0.1) is 18.3 Å². The highest BCUT2D eigenvalue weighted by atomic mass is 32.1. The van der Waals surface area contributed by atoms with Gasteiger partial charge in [-0.25, -0.2) is 4.98 Å². The number of hydrogen-bond acceptors (Lipinski definition) is 6. The second-order valence-electron chi connectivity index (χ2n) is 6.27. The maximum absolute atomic E-state index is 12.1. The topological polar surface area (TPSA) is 81.0 Å². The summed E-state index contributed by atoms with van der Waals surface area (Å²) in [5.41, 5.74) is 2.13. The second-order valence-corrected chi connectivity index (χ2v) is 7.47. The Balaban J connectivity index is 1.42. The zero-order valence-corrected chi connectivity index (χ0v) is 15.7. The van der Waals surface area contributed by atoms with Crippen molar-refractivity contribution in [2.75, 3.05) is 31.5 Å². The Kier molecular flexibility index (Phi) is 6.21. The van der Waals surface area contributed by atoms with Crippen LogP contribution >= 0.6 is 11.3 Å². The molecule has 2 aromatic rings. The first-order valence-corrected chi connectivity index (χ1v) is 9.67. The van der Waals surface area contributed by atoms with E-state index in [1.807, 2.05) is 18.2 Å². The van der Waals surface area contributed by atoms with Crippen LogP contribution in [-0.4, -0.2) is 48.0 Å². The van der Waals surface area contributed by atoms with Crippen molar-refractivity contribution in [2.24, 2.45) is 0 Å². The summed E-state index contributed by atoms with van der Waals surface area (Å²) in [6.45, 7) is 4.39. The van der Waals surface area contributed by atoms with Gasteiger partial charge in [-0.2, -0.15) is 5.26 Å². The fraction of sp³-hybridized carbons (Fsp3) is 0.421. The standard InChI is InChI=1S/C19H23N5OS/c1-14-18(15-6-3-2-4-7-15)23-19(26-14)22-10-9-21-13-17(25)24-11-5-8-16(24)12-20/h2-4,6-7,16,21H,5,8-11,13H2,1H3,(H,22,23)/t16-/m0/s1. The predicted octanol–water partition coefficient (Wildman–Crippen LogP) is 2.63. The summed E-state index contributed by atoms with van der Waals surface area (Å²) in [6.07, 6.45) is 1.70. The number of aryl methyl sites for hydroxylation is 1. The van der Waals surface area contributed by atoms with E-state index in [4.69, 9.17) is 5.26 Å². The third kappa shape index (κ3) is 4.40. The molecular formula is C19H23N5OS. The third-order valence-electron chi connectivity index (χ3n) is 4.42. The van der Waals surface area contributed by atoms with Gasteiger partial charge in [0.1, 0.15) is 6.04 Å². The van der Waals surface area contributed by atoms with Crippen molar-refractivity contribution in [1.82, 2.24) is 15.2 Å². The van der Waals surface area contributed by atoms with E-state index in [2.05, 4.69) is 40.7 Å². The minimum atomic E-state index is -0.253. The zero-order valence-electron chi connectivity index (χ0n) is 14.9. The normalized spacial score (nSPS) is 16.5. The van der Waals surface area contributed by atoms with E-state index in [-0.39, 0.29) is 18.5 Å². The quantitative estimate of drug-likeness (QED) is 0.733. The number of carbonyl (C=O) groups excluding carboxylic acids is 1. The molecular weight excluding hydrogens is 346 g/mol. The van der Waals surface area contributed by atoms with E-state index < -0.39 is 0 Å². The van der Waals surface area contributed by atoms with Gasteiger partial charge in [0.25, 0.3) is 0 Å². The summed E-state index contributed by atoms with van der Waals surface area (Å²) in [7, 11) is 0. The molecule has 2 heterocycles. The highest BCUT2D eigenvalue weighted by Gasteiger charge is 2.27. The molecule has 1 aromatic carbocycles. The first-order chi connectivity index (χ1) is 12.7. The number of anilines is 1. The number of likely N-dealkylation sites (tertiary alicyclic amines) is 1. The molecule has 1 aromatic heterocycles. The van der Waals surface area contributed by atoms with Crippen molar-refractivity contribution in [3.05, 3.63) is 35.2 Å². The average molecular weight is 369 g/mol. The van der Waals surface area contributed by atoms with E-state index in [0.717, 1.165) is 29.2 Å². The van der Waals surface area contributed by atoms with E-state index >= 15 is 0 Å². The van der Waals surface area contributed by atoms with Crippen molar-refractivity contribution >= 4 is 22.4 Å². The summed E-state index contributed by atoms with van der Waals surface area (Å²) in [5.74, 6) is 0.00510. The van der Waals surface area contributed by atoms with Gasteiger partial charge in [0, 0.05) is 30.1 Å². The van der Waals surface area contributed by atoms with Gasteiger partial charge < -0.3 is 15.5 Å². The van der Waals surface area contributed by atoms with Crippen molar-refractivity contribution in [2.45, 2.75) is 25.8 Å². The van der Waals surface area contributed by atoms with Crippen LogP contribution in [-0.2, 0) is 4.79 Å². The number of nitrogens with one attached hydrogen (secondary N) is 2. The zero-order chi connectivity index (χ0) is 18.4. The van der Waals surface area contributed by atoms with Crippen molar-refractivity contribution in [1.29, 1.82) is 5.26 Å². The monoisotopic (exact) mass is 369 g/mol. The van der Waals surface area contributed by atoms with Gasteiger partial charge in [0.15, 0.2) is 5.13 Å². The van der Waals surface area contributed by atoms with Gasteiger partial charge in [0.2, 0.25) is 5.91 Å². The van der Waals surface area contributed by atoms with Gasteiger partial charge in [-0.3, -0.25) is 4.79 Å². The SMILES string of the molecule is Cc1sc(NCCNCC(=O)N2CCC[C@H]2C#N)nc1-c1ccccc1. The number of amides is 1. The number of thiazole rings is 1. The van der Waals surface area contributed by atoms with Crippen LogP contribution < -0.4 is 10.6 Å².